The third-order valence-corrected chi connectivity index (χ3v) is 2.10. The van der Waals surface area contributed by atoms with Gasteiger partial charge in [-0.25, -0.2) is 9.97 Å². The summed E-state index contributed by atoms with van der Waals surface area (Å²) in [5.41, 5.74) is 1.55. The molecule has 3 nitrogen and oxygen atoms in total. The maximum absolute atomic E-state index is 4.18. The maximum atomic E-state index is 4.18. The van der Waals surface area contributed by atoms with Gasteiger partial charge in [-0.05, 0) is 17.9 Å². The first-order chi connectivity index (χ1) is 6.56. The van der Waals surface area contributed by atoms with E-state index < -0.39 is 0 Å². The van der Waals surface area contributed by atoms with Crippen LogP contribution in [-0.4, -0.2) is 14.4 Å². The van der Waals surface area contributed by atoms with E-state index in [-0.39, 0.29) is 0 Å². The molecule has 2 aromatic rings. The van der Waals surface area contributed by atoms with Crippen molar-refractivity contribution in [3.05, 3.63) is 30.4 Å². The lowest BCUT2D eigenvalue weighted by Crippen LogP contribution is -2.12. The molecule has 0 radical (unpaired) electrons. The molecule has 0 aliphatic rings. The van der Waals surface area contributed by atoms with E-state index in [1.54, 1.807) is 6.20 Å². The van der Waals surface area contributed by atoms with E-state index in [1.165, 1.54) is 5.69 Å². The Balaban J connectivity index is 2.46. The van der Waals surface area contributed by atoms with Crippen molar-refractivity contribution in [3.8, 4) is 0 Å². The lowest BCUT2D eigenvalue weighted by Gasteiger charge is -2.18. The zero-order valence-corrected chi connectivity index (χ0v) is 8.86. The van der Waals surface area contributed by atoms with E-state index in [4.69, 9.17) is 0 Å². The topological polar surface area (TPSA) is 30.2 Å². The van der Waals surface area contributed by atoms with E-state index >= 15 is 0 Å². The van der Waals surface area contributed by atoms with Gasteiger partial charge in [-0.2, -0.15) is 0 Å². The predicted molar refractivity (Wildman–Crippen MR) is 56.1 cm³/mol. The second kappa shape index (κ2) is 3.08. The molecule has 0 N–H and O–H groups in total. The number of fused-ring (bicyclic) bond motifs is 1. The highest BCUT2D eigenvalue weighted by Crippen LogP contribution is 2.20. The van der Waals surface area contributed by atoms with E-state index in [2.05, 4.69) is 36.8 Å². The molecule has 2 heterocycles. The van der Waals surface area contributed by atoms with Crippen molar-refractivity contribution in [2.45, 2.75) is 27.2 Å². The molecule has 2 rings (SSSR count). The van der Waals surface area contributed by atoms with Crippen molar-refractivity contribution in [2.75, 3.05) is 0 Å². The van der Waals surface area contributed by atoms with Crippen LogP contribution in [0.4, 0.5) is 0 Å². The third-order valence-electron chi connectivity index (χ3n) is 2.10. The molecule has 0 spiro atoms. The quantitative estimate of drug-likeness (QED) is 0.689. The monoisotopic (exact) mass is 189 g/mol. The molecule has 0 saturated heterocycles. The summed E-state index contributed by atoms with van der Waals surface area (Å²) in [5.74, 6) is 0.784. The van der Waals surface area contributed by atoms with Crippen LogP contribution < -0.4 is 0 Å². The van der Waals surface area contributed by atoms with Crippen molar-refractivity contribution in [1.82, 2.24) is 14.4 Å². The lowest BCUT2D eigenvalue weighted by molar-refractivity contribution is 0.404. The largest absolute Gasteiger partial charge is 0.288 e. The number of hydrogen-bond acceptors (Lipinski definition) is 2. The summed E-state index contributed by atoms with van der Waals surface area (Å²) >= 11 is 0. The first-order valence-corrected chi connectivity index (χ1v) is 4.83. The molecule has 74 valence electrons. The Hall–Kier alpha value is -1.38. The van der Waals surface area contributed by atoms with Gasteiger partial charge in [0.25, 0.3) is 0 Å². The standard InChI is InChI=1S/C11H15N3/c1-11(2,3)8-9-4-5-12-10-13-6-7-14(9)10/h4-7H,8H2,1-3H3. The van der Waals surface area contributed by atoms with Crippen LogP contribution in [0.2, 0.25) is 0 Å². The highest BCUT2D eigenvalue weighted by Gasteiger charge is 2.13. The lowest BCUT2D eigenvalue weighted by atomic mass is 9.90. The molecule has 0 bridgehead atoms. The highest BCUT2D eigenvalue weighted by atomic mass is 15.1. The average molecular weight is 189 g/mol. The summed E-state index contributed by atoms with van der Waals surface area (Å²) in [4.78, 5) is 8.34. The van der Waals surface area contributed by atoms with E-state index in [9.17, 15) is 0 Å². The van der Waals surface area contributed by atoms with Crippen LogP contribution in [0, 0.1) is 5.41 Å². The molecule has 3 heteroatoms. The molecule has 0 saturated carbocycles. The van der Waals surface area contributed by atoms with Gasteiger partial charge in [-0.1, -0.05) is 20.8 Å². The Kier molecular flexibility index (Phi) is 2.02. The molecule has 0 aromatic carbocycles. The summed E-state index contributed by atoms with van der Waals surface area (Å²) < 4.78 is 2.05. The highest BCUT2D eigenvalue weighted by molar-refractivity contribution is 5.29. The van der Waals surface area contributed by atoms with Gasteiger partial charge in [0.2, 0.25) is 5.78 Å². The first kappa shape index (κ1) is 9.19. The second-order valence-corrected chi connectivity index (χ2v) is 4.77. The van der Waals surface area contributed by atoms with Gasteiger partial charge in [0.1, 0.15) is 0 Å². The Morgan fingerprint density at radius 2 is 1.93 bits per heavy atom. The van der Waals surface area contributed by atoms with Gasteiger partial charge in [0.15, 0.2) is 0 Å². The summed E-state index contributed by atoms with van der Waals surface area (Å²) in [6.45, 7) is 6.70. The van der Waals surface area contributed by atoms with Crippen LogP contribution in [-0.2, 0) is 6.42 Å². The summed E-state index contributed by atoms with van der Waals surface area (Å²) in [7, 11) is 0. The fourth-order valence-corrected chi connectivity index (χ4v) is 1.57. The molecular formula is C11H15N3. The molecule has 0 atom stereocenters. The van der Waals surface area contributed by atoms with Gasteiger partial charge >= 0.3 is 0 Å². The third kappa shape index (κ3) is 1.76. The average Bonchev–Trinajstić information content (AvgIpc) is 2.49. The molecule has 0 aliphatic heterocycles. The summed E-state index contributed by atoms with van der Waals surface area (Å²) in [6, 6.07) is 2.06. The first-order valence-electron chi connectivity index (χ1n) is 4.83. The summed E-state index contributed by atoms with van der Waals surface area (Å²) in [6.07, 6.45) is 6.60. The van der Waals surface area contributed by atoms with Crippen LogP contribution in [0.5, 0.6) is 0 Å². The van der Waals surface area contributed by atoms with Crippen LogP contribution in [0.1, 0.15) is 26.5 Å². The van der Waals surface area contributed by atoms with E-state index in [1.807, 2.05) is 16.8 Å². The molecule has 0 aliphatic carbocycles. The Bertz CT molecular complexity index is 437. The van der Waals surface area contributed by atoms with Crippen molar-refractivity contribution in [3.63, 3.8) is 0 Å². The number of rotatable bonds is 1. The molecule has 0 amide bonds. The predicted octanol–water partition coefficient (Wildman–Crippen LogP) is 2.32. The van der Waals surface area contributed by atoms with Gasteiger partial charge in [0.05, 0.1) is 0 Å². The molecule has 14 heavy (non-hydrogen) atoms. The number of hydrogen-bond donors (Lipinski definition) is 0. The number of aromatic nitrogens is 3. The van der Waals surface area contributed by atoms with Crippen LogP contribution in [0.15, 0.2) is 24.7 Å². The van der Waals surface area contributed by atoms with Crippen LogP contribution in [0.3, 0.4) is 0 Å². The molecule has 2 aromatic heterocycles. The van der Waals surface area contributed by atoms with Gasteiger partial charge in [-0.3, -0.25) is 4.40 Å². The minimum Gasteiger partial charge on any atom is -0.288 e. The fourth-order valence-electron chi connectivity index (χ4n) is 1.57. The zero-order chi connectivity index (χ0) is 10.2. The van der Waals surface area contributed by atoms with E-state index in [0.29, 0.717) is 5.41 Å². The Morgan fingerprint density at radius 1 is 1.21 bits per heavy atom. The van der Waals surface area contributed by atoms with Gasteiger partial charge in [-0.15, -0.1) is 0 Å². The smallest absolute Gasteiger partial charge is 0.233 e. The molecule has 0 unspecified atom stereocenters. The van der Waals surface area contributed by atoms with Crippen molar-refractivity contribution in [2.24, 2.45) is 5.41 Å². The van der Waals surface area contributed by atoms with Gasteiger partial charge < -0.3 is 0 Å². The summed E-state index contributed by atoms with van der Waals surface area (Å²) in [5, 5.41) is 0. The molecule has 0 fully saturated rings. The SMILES string of the molecule is CC(C)(C)Cc1ccnc2nccn12. The Morgan fingerprint density at radius 3 is 2.64 bits per heavy atom. The minimum absolute atomic E-state index is 0.290. The second-order valence-electron chi connectivity index (χ2n) is 4.77. The van der Waals surface area contributed by atoms with Gasteiger partial charge in [0, 0.05) is 24.3 Å². The zero-order valence-electron chi connectivity index (χ0n) is 8.86. The van der Waals surface area contributed by atoms with E-state index in [0.717, 1.165) is 12.2 Å². The number of nitrogens with zero attached hydrogens (tertiary/aromatic N) is 3. The number of imidazole rings is 1. The maximum Gasteiger partial charge on any atom is 0.233 e. The Labute approximate surface area is 83.8 Å². The van der Waals surface area contributed by atoms with Crippen LogP contribution in [0.25, 0.3) is 5.78 Å². The van der Waals surface area contributed by atoms with Crippen molar-refractivity contribution < 1.29 is 0 Å². The van der Waals surface area contributed by atoms with Crippen molar-refractivity contribution >= 4 is 5.78 Å². The fraction of sp³-hybridized carbons (Fsp3) is 0.455. The van der Waals surface area contributed by atoms with Crippen LogP contribution >= 0.6 is 0 Å². The van der Waals surface area contributed by atoms with Crippen molar-refractivity contribution in [1.29, 1.82) is 0 Å². The normalized spacial score (nSPS) is 12.2. The molecular weight excluding hydrogens is 174 g/mol. The minimum atomic E-state index is 0.290.